The first kappa shape index (κ1) is 12.4. The number of rotatable bonds is 3. The highest BCUT2D eigenvalue weighted by Gasteiger charge is 2.06. The second-order valence-electron chi connectivity index (χ2n) is 4.49. The van der Waals surface area contributed by atoms with Crippen LogP contribution in [0, 0.1) is 0 Å². The van der Waals surface area contributed by atoms with Gasteiger partial charge in [0.2, 0.25) is 0 Å². The van der Waals surface area contributed by atoms with Crippen molar-refractivity contribution in [1.29, 1.82) is 0 Å². The van der Waals surface area contributed by atoms with Crippen LogP contribution in [0.4, 0.5) is 0 Å². The van der Waals surface area contributed by atoms with E-state index in [9.17, 15) is 0 Å². The molecule has 3 N–H and O–H groups in total. The summed E-state index contributed by atoms with van der Waals surface area (Å²) < 4.78 is 1.05. The SMILES string of the molecule is NCc1ccccc1Cc1nc2ccc(Br)cc2[nH]1. The quantitative estimate of drug-likeness (QED) is 0.778. The van der Waals surface area contributed by atoms with E-state index < -0.39 is 0 Å². The van der Waals surface area contributed by atoms with E-state index in [0.29, 0.717) is 6.54 Å². The van der Waals surface area contributed by atoms with Crippen LogP contribution in [-0.2, 0) is 13.0 Å². The molecule has 2 aromatic carbocycles. The average Bonchev–Trinajstić information content (AvgIpc) is 2.80. The number of nitrogens with one attached hydrogen (secondary N) is 1. The van der Waals surface area contributed by atoms with E-state index in [4.69, 9.17) is 5.73 Å². The lowest BCUT2D eigenvalue weighted by atomic mass is 10.0. The van der Waals surface area contributed by atoms with Gasteiger partial charge in [0.15, 0.2) is 0 Å². The van der Waals surface area contributed by atoms with E-state index in [1.165, 1.54) is 11.1 Å². The van der Waals surface area contributed by atoms with Crippen LogP contribution in [0.1, 0.15) is 17.0 Å². The summed E-state index contributed by atoms with van der Waals surface area (Å²) in [5.74, 6) is 0.967. The molecule has 0 aliphatic rings. The average molecular weight is 316 g/mol. The van der Waals surface area contributed by atoms with Gasteiger partial charge in [-0.25, -0.2) is 4.98 Å². The number of benzene rings is 2. The van der Waals surface area contributed by atoms with Crippen LogP contribution in [-0.4, -0.2) is 9.97 Å². The molecule has 19 heavy (non-hydrogen) atoms. The molecule has 0 saturated heterocycles. The number of halogens is 1. The minimum absolute atomic E-state index is 0.557. The van der Waals surface area contributed by atoms with Gasteiger partial charge in [-0.1, -0.05) is 40.2 Å². The third-order valence-electron chi connectivity index (χ3n) is 3.19. The minimum Gasteiger partial charge on any atom is -0.342 e. The third kappa shape index (κ3) is 2.55. The van der Waals surface area contributed by atoms with Crippen molar-refractivity contribution in [3.8, 4) is 0 Å². The van der Waals surface area contributed by atoms with Gasteiger partial charge in [0.1, 0.15) is 5.82 Å². The van der Waals surface area contributed by atoms with Gasteiger partial charge in [0.05, 0.1) is 11.0 Å². The zero-order chi connectivity index (χ0) is 13.2. The van der Waals surface area contributed by atoms with Gasteiger partial charge in [-0.05, 0) is 29.3 Å². The maximum Gasteiger partial charge on any atom is 0.111 e. The van der Waals surface area contributed by atoms with Crippen LogP contribution in [0.3, 0.4) is 0 Å². The second kappa shape index (κ2) is 5.15. The van der Waals surface area contributed by atoms with Crippen LogP contribution in [0.15, 0.2) is 46.9 Å². The number of aromatic amines is 1. The van der Waals surface area contributed by atoms with Crippen LogP contribution >= 0.6 is 15.9 Å². The molecule has 0 aliphatic carbocycles. The van der Waals surface area contributed by atoms with E-state index in [1.807, 2.05) is 30.3 Å². The lowest BCUT2D eigenvalue weighted by Crippen LogP contribution is -2.02. The Morgan fingerprint density at radius 1 is 1.11 bits per heavy atom. The fourth-order valence-electron chi connectivity index (χ4n) is 2.23. The Bertz CT molecular complexity index is 718. The lowest BCUT2D eigenvalue weighted by molar-refractivity contribution is 0.978. The Balaban J connectivity index is 1.96. The summed E-state index contributed by atoms with van der Waals surface area (Å²) in [5, 5.41) is 0. The summed E-state index contributed by atoms with van der Waals surface area (Å²) in [6, 6.07) is 14.3. The summed E-state index contributed by atoms with van der Waals surface area (Å²) in [6.45, 7) is 0.557. The molecule has 0 aliphatic heterocycles. The van der Waals surface area contributed by atoms with Crippen LogP contribution in [0.2, 0.25) is 0 Å². The van der Waals surface area contributed by atoms with Crippen LogP contribution in [0.25, 0.3) is 11.0 Å². The monoisotopic (exact) mass is 315 g/mol. The molecule has 0 atom stereocenters. The van der Waals surface area contributed by atoms with Crippen molar-refractivity contribution in [2.45, 2.75) is 13.0 Å². The summed E-state index contributed by atoms with van der Waals surface area (Å²) >= 11 is 3.47. The van der Waals surface area contributed by atoms with Gasteiger partial charge in [0.25, 0.3) is 0 Å². The Hall–Kier alpha value is -1.65. The zero-order valence-electron chi connectivity index (χ0n) is 10.4. The molecule has 1 heterocycles. The highest BCUT2D eigenvalue weighted by Crippen LogP contribution is 2.19. The maximum atomic E-state index is 5.76. The van der Waals surface area contributed by atoms with Gasteiger partial charge in [-0.2, -0.15) is 0 Å². The molecule has 3 nitrogen and oxygen atoms in total. The van der Waals surface area contributed by atoms with Crippen LogP contribution in [0.5, 0.6) is 0 Å². The molecular formula is C15H14BrN3. The summed E-state index contributed by atoms with van der Waals surface area (Å²) in [4.78, 5) is 7.96. The molecule has 96 valence electrons. The first-order valence-corrected chi connectivity index (χ1v) is 6.96. The van der Waals surface area contributed by atoms with Gasteiger partial charge in [-0.3, -0.25) is 0 Å². The molecule has 0 amide bonds. The van der Waals surface area contributed by atoms with Crippen LogP contribution < -0.4 is 5.73 Å². The summed E-state index contributed by atoms with van der Waals surface area (Å²) in [5.41, 5.74) is 10.2. The molecule has 3 rings (SSSR count). The Labute approximate surface area is 120 Å². The van der Waals surface area contributed by atoms with Crippen molar-refractivity contribution < 1.29 is 0 Å². The van der Waals surface area contributed by atoms with Crippen molar-refractivity contribution >= 4 is 27.0 Å². The van der Waals surface area contributed by atoms with E-state index >= 15 is 0 Å². The maximum absolute atomic E-state index is 5.76. The van der Waals surface area contributed by atoms with Gasteiger partial charge in [0, 0.05) is 17.4 Å². The molecule has 0 saturated carbocycles. The minimum atomic E-state index is 0.557. The number of nitrogens with zero attached hydrogens (tertiary/aromatic N) is 1. The Morgan fingerprint density at radius 2 is 1.89 bits per heavy atom. The molecule has 0 unspecified atom stereocenters. The van der Waals surface area contributed by atoms with E-state index in [0.717, 1.165) is 27.8 Å². The van der Waals surface area contributed by atoms with E-state index in [-0.39, 0.29) is 0 Å². The normalized spacial score (nSPS) is 11.1. The topological polar surface area (TPSA) is 54.7 Å². The second-order valence-corrected chi connectivity index (χ2v) is 5.41. The fraction of sp³-hybridized carbons (Fsp3) is 0.133. The molecule has 4 heteroatoms. The number of imidazole rings is 1. The standard InChI is InChI=1S/C15H14BrN3/c16-12-5-6-13-14(8-12)19-15(18-13)7-10-3-1-2-4-11(10)9-17/h1-6,8H,7,9,17H2,(H,18,19). The number of hydrogen-bond donors (Lipinski definition) is 2. The van der Waals surface area contributed by atoms with Gasteiger partial charge >= 0.3 is 0 Å². The number of H-pyrrole nitrogens is 1. The molecule has 0 fully saturated rings. The third-order valence-corrected chi connectivity index (χ3v) is 3.68. The Morgan fingerprint density at radius 3 is 2.68 bits per heavy atom. The van der Waals surface area contributed by atoms with Crippen molar-refractivity contribution in [2.24, 2.45) is 5.73 Å². The van der Waals surface area contributed by atoms with Gasteiger partial charge < -0.3 is 10.7 Å². The Kier molecular flexibility index (Phi) is 3.36. The van der Waals surface area contributed by atoms with E-state index in [2.05, 4.69) is 38.0 Å². The summed E-state index contributed by atoms with van der Waals surface area (Å²) in [7, 11) is 0. The van der Waals surface area contributed by atoms with E-state index in [1.54, 1.807) is 0 Å². The smallest absolute Gasteiger partial charge is 0.111 e. The highest BCUT2D eigenvalue weighted by atomic mass is 79.9. The van der Waals surface area contributed by atoms with Gasteiger partial charge in [-0.15, -0.1) is 0 Å². The fourth-order valence-corrected chi connectivity index (χ4v) is 2.59. The predicted molar refractivity (Wildman–Crippen MR) is 80.9 cm³/mol. The molecule has 0 bridgehead atoms. The highest BCUT2D eigenvalue weighted by molar-refractivity contribution is 9.10. The molecular weight excluding hydrogens is 302 g/mol. The van der Waals surface area contributed by atoms with Crippen molar-refractivity contribution in [2.75, 3.05) is 0 Å². The van der Waals surface area contributed by atoms with Crippen molar-refractivity contribution in [1.82, 2.24) is 9.97 Å². The number of fused-ring (bicyclic) bond motifs is 1. The number of aromatic nitrogens is 2. The predicted octanol–water partition coefficient (Wildman–Crippen LogP) is 3.37. The zero-order valence-corrected chi connectivity index (χ0v) is 11.9. The van der Waals surface area contributed by atoms with Crippen molar-refractivity contribution in [3.63, 3.8) is 0 Å². The number of hydrogen-bond acceptors (Lipinski definition) is 2. The lowest BCUT2D eigenvalue weighted by Gasteiger charge is -2.05. The summed E-state index contributed by atoms with van der Waals surface area (Å²) in [6.07, 6.45) is 0.777. The number of nitrogens with two attached hydrogens (primary N) is 1. The largest absolute Gasteiger partial charge is 0.342 e. The first-order valence-electron chi connectivity index (χ1n) is 6.17. The first-order chi connectivity index (χ1) is 9.26. The molecule has 0 spiro atoms. The molecule has 3 aromatic rings. The van der Waals surface area contributed by atoms with Crippen molar-refractivity contribution in [3.05, 3.63) is 63.9 Å². The molecule has 1 aromatic heterocycles. The molecule has 0 radical (unpaired) electrons.